The molecule has 20 heavy (non-hydrogen) atoms. The number of benzene rings is 1. The molecular weight excluding hydrogens is 246 g/mol. The fourth-order valence-corrected chi connectivity index (χ4v) is 2.37. The first-order valence-electron chi connectivity index (χ1n) is 7.04. The van der Waals surface area contributed by atoms with E-state index in [0.29, 0.717) is 0 Å². The Morgan fingerprint density at radius 1 is 1.25 bits per heavy atom. The second kappa shape index (κ2) is 6.53. The summed E-state index contributed by atoms with van der Waals surface area (Å²) in [6.45, 7) is 5.19. The van der Waals surface area contributed by atoms with Crippen molar-refractivity contribution in [3.05, 3.63) is 59.4 Å². The molecule has 106 valence electrons. The maximum absolute atomic E-state index is 4.28. The topological polar surface area (TPSA) is 28.2 Å². The average molecular weight is 269 g/mol. The summed E-state index contributed by atoms with van der Waals surface area (Å²) >= 11 is 0. The largest absolute Gasteiger partial charge is 0.378 e. The van der Waals surface area contributed by atoms with Gasteiger partial charge >= 0.3 is 0 Å². The summed E-state index contributed by atoms with van der Waals surface area (Å²) in [6, 6.07) is 10.9. The van der Waals surface area contributed by atoms with Crippen LogP contribution in [-0.4, -0.2) is 25.6 Å². The fourth-order valence-electron chi connectivity index (χ4n) is 2.37. The molecule has 0 saturated carbocycles. The molecule has 3 nitrogen and oxygen atoms in total. The Balaban J connectivity index is 2.43. The minimum atomic E-state index is 0.189. The molecule has 0 aliphatic carbocycles. The van der Waals surface area contributed by atoms with Crippen molar-refractivity contribution in [3.8, 4) is 0 Å². The lowest BCUT2D eigenvalue weighted by molar-refractivity contribution is 0.625. The molecule has 0 aliphatic rings. The van der Waals surface area contributed by atoms with Crippen molar-refractivity contribution in [2.45, 2.75) is 19.9 Å². The number of nitrogens with one attached hydrogen (secondary N) is 1. The lowest BCUT2D eigenvalue weighted by Gasteiger charge is -2.22. The number of rotatable bonds is 5. The van der Waals surface area contributed by atoms with Crippen LogP contribution in [0.4, 0.5) is 5.69 Å². The van der Waals surface area contributed by atoms with Crippen LogP contribution in [0.3, 0.4) is 0 Å². The highest BCUT2D eigenvalue weighted by Gasteiger charge is 2.15. The molecule has 1 unspecified atom stereocenters. The summed E-state index contributed by atoms with van der Waals surface area (Å²) in [5.41, 5.74) is 4.99. The minimum Gasteiger partial charge on any atom is -0.378 e. The van der Waals surface area contributed by atoms with E-state index in [4.69, 9.17) is 0 Å². The van der Waals surface area contributed by atoms with Gasteiger partial charge in [0.25, 0.3) is 0 Å². The standard InChI is InChI=1S/C17H23N3/c1-5-19-17(16-12-18-10-9-13(16)2)14-7-6-8-15(11-14)20(3)4/h6-12,17,19H,5H2,1-4H3. The molecule has 0 radical (unpaired) electrons. The van der Waals surface area contributed by atoms with Crippen LogP contribution in [0.2, 0.25) is 0 Å². The zero-order chi connectivity index (χ0) is 14.5. The third-order valence-electron chi connectivity index (χ3n) is 3.52. The van der Waals surface area contributed by atoms with E-state index in [1.807, 2.05) is 12.4 Å². The SMILES string of the molecule is CCNC(c1cccc(N(C)C)c1)c1cnccc1C. The third-order valence-corrected chi connectivity index (χ3v) is 3.52. The Morgan fingerprint density at radius 2 is 2.05 bits per heavy atom. The predicted octanol–water partition coefficient (Wildman–Crippen LogP) is 3.15. The summed E-state index contributed by atoms with van der Waals surface area (Å²) < 4.78 is 0. The second-order valence-corrected chi connectivity index (χ2v) is 5.21. The van der Waals surface area contributed by atoms with Gasteiger partial charge in [-0.05, 0) is 48.4 Å². The Bertz CT molecular complexity index is 564. The lowest BCUT2D eigenvalue weighted by Crippen LogP contribution is -2.23. The third kappa shape index (κ3) is 3.17. The van der Waals surface area contributed by atoms with Crippen LogP contribution in [0.25, 0.3) is 0 Å². The zero-order valence-electron chi connectivity index (χ0n) is 12.7. The highest BCUT2D eigenvalue weighted by Crippen LogP contribution is 2.26. The van der Waals surface area contributed by atoms with Crippen molar-refractivity contribution in [2.75, 3.05) is 25.5 Å². The predicted molar refractivity (Wildman–Crippen MR) is 85.3 cm³/mol. The molecule has 1 aromatic heterocycles. The van der Waals surface area contributed by atoms with Gasteiger partial charge in [0.2, 0.25) is 0 Å². The summed E-state index contributed by atoms with van der Waals surface area (Å²) in [5.74, 6) is 0. The molecule has 0 saturated heterocycles. The summed E-state index contributed by atoms with van der Waals surface area (Å²) in [6.07, 6.45) is 3.81. The van der Waals surface area contributed by atoms with Gasteiger partial charge in [-0.1, -0.05) is 19.1 Å². The van der Waals surface area contributed by atoms with Gasteiger partial charge in [-0.2, -0.15) is 0 Å². The van der Waals surface area contributed by atoms with Gasteiger partial charge < -0.3 is 10.2 Å². The van der Waals surface area contributed by atoms with E-state index < -0.39 is 0 Å². The number of nitrogens with zero attached hydrogens (tertiary/aromatic N) is 2. The van der Waals surface area contributed by atoms with Crippen LogP contribution < -0.4 is 10.2 Å². The summed E-state index contributed by atoms with van der Waals surface area (Å²) in [5, 5.41) is 3.56. The van der Waals surface area contributed by atoms with Crippen molar-refractivity contribution in [1.82, 2.24) is 10.3 Å². The highest BCUT2D eigenvalue weighted by atomic mass is 15.1. The summed E-state index contributed by atoms with van der Waals surface area (Å²) in [7, 11) is 4.13. The molecule has 1 heterocycles. The van der Waals surface area contributed by atoms with E-state index in [9.17, 15) is 0 Å². The van der Waals surface area contributed by atoms with E-state index >= 15 is 0 Å². The first-order valence-corrected chi connectivity index (χ1v) is 7.04. The van der Waals surface area contributed by atoms with Crippen molar-refractivity contribution in [1.29, 1.82) is 0 Å². The minimum absolute atomic E-state index is 0.189. The van der Waals surface area contributed by atoms with Crippen LogP contribution in [0.15, 0.2) is 42.7 Å². The summed E-state index contributed by atoms with van der Waals surface area (Å²) in [4.78, 5) is 6.41. The number of anilines is 1. The molecule has 0 bridgehead atoms. The normalized spacial score (nSPS) is 12.2. The van der Waals surface area contributed by atoms with Gasteiger partial charge in [0.05, 0.1) is 6.04 Å². The molecule has 1 aromatic carbocycles. The number of pyridine rings is 1. The van der Waals surface area contributed by atoms with Gasteiger partial charge in [0, 0.05) is 32.2 Å². The quantitative estimate of drug-likeness (QED) is 0.903. The van der Waals surface area contributed by atoms with E-state index in [-0.39, 0.29) is 6.04 Å². The number of aryl methyl sites for hydroxylation is 1. The molecular formula is C17H23N3. The molecule has 0 fully saturated rings. The van der Waals surface area contributed by atoms with E-state index in [1.165, 1.54) is 22.4 Å². The van der Waals surface area contributed by atoms with Crippen LogP contribution in [0, 0.1) is 6.92 Å². The number of aromatic nitrogens is 1. The zero-order valence-corrected chi connectivity index (χ0v) is 12.7. The smallest absolute Gasteiger partial charge is 0.0595 e. The van der Waals surface area contributed by atoms with Crippen molar-refractivity contribution in [2.24, 2.45) is 0 Å². The Hall–Kier alpha value is -1.87. The van der Waals surface area contributed by atoms with Gasteiger partial charge in [-0.15, -0.1) is 0 Å². The molecule has 0 amide bonds. The van der Waals surface area contributed by atoms with Crippen LogP contribution >= 0.6 is 0 Å². The highest BCUT2D eigenvalue weighted by molar-refractivity contribution is 5.49. The maximum Gasteiger partial charge on any atom is 0.0595 e. The molecule has 1 N–H and O–H groups in total. The van der Waals surface area contributed by atoms with E-state index in [1.54, 1.807) is 0 Å². The second-order valence-electron chi connectivity index (χ2n) is 5.21. The van der Waals surface area contributed by atoms with Gasteiger partial charge in [0.1, 0.15) is 0 Å². The van der Waals surface area contributed by atoms with Crippen molar-refractivity contribution >= 4 is 5.69 Å². The number of hydrogen-bond acceptors (Lipinski definition) is 3. The molecule has 2 rings (SSSR count). The van der Waals surface area contributed by atoms with Crippen molar-refractivity contribution in [3.63, 3.8) is 0 Å². The van der Waals surface area contributed by atoms with Crippen LogP contribution in [0.1, 0.15) is 29.7 Å². The maximum atomic E-state index is 4.28. The first kappa shape index (κ1) is 14.5. The molecule has 2 aromatic rings. The van der Waals surface area contributed by atoms with Gasteiger partial charge in [-0.25, -0.2) is 0 Å². The van der Waals surface area contributed by atoms with Gasteiger partial charge in [0.15, 0.2) is 0 Å². The van der Waals surface area contributed by atoms with Crippen LogP contribution in [-0.2, 0) is 0 Å². The number of hydrogen-bond donors (Lipinski definition) is 1. The van der Waals surface area contributed by atoms with Gasteiger partial charge in [-0.3, -0.25) is 4.98 Å². The Morgan fingerprint density at radius 3 is 2.70 bits per heavy atom. The van der Waals surface area contributed by atoms with E-state index in [2.05, 4.69) is 73.5 Å². The van der Waals surface area contributed by atoms with Crippen LogP contribution in [0.5, 0.6) is 0 Å². The first-order chi connectivity index (χ1) is 9.63. The molecule has 0 aliphatic heterocycles. The Kier molecular flexibility index (Phi) is 4.74. The average Bonchev–Trinajstić information content (AvgIpc) is 2.46. The molecule has 1 atom stereocenters. The fraction of sp³-hybridized carbons (Fsp3) is 0.353. The van der Waals surface area contributed by atoms with E-state index in [0.717, 1.165) is 6.54 Å². The molecule has 0 spiro atoms. The lowest BCUT2D eigenvalue weighted by atomic mass is 9.96. The Labute approximate surface area is 121 Å². The van der Waals surface area contributed by atoms with Crippen molar-refractivity contribution < 1.29 is 0 Å². The monoisotopic (exact) mass is 269 g/mol. The molecule has 3 heteroatoms.